The number of hydrogen-bond donors (Lipinski definition) is 1. The lowest BCUT2D eigenvalue weighted by Crippen LogP contribution is -2.37. The molecule has 0 radical (unpaired) electrons. The Morgan fingerprint density at radius 2 is 1.93 bits per heavy atom. The van der Waals surface area contributed by atoms with Gasteiger partial charge < -0.3 is 15.2 Å². The van der Waals surface area contributed by atoms with Crippen molar-refractivity contribution in [2.75, 3.05) is 13.2 Å². The van der Waals surface area contributed by atoms with Crippen LogP contribution in [0.3, 0.4) is 0 Å². The normalized spacial score (nSPS) is 25.5. The SMILES string of the molecule is Cl.N[C@@H]1COC[C@@H]1Oc1ccccc1. The molecule has 78 valence electrons. The minimum Gasteiger partial charge on any atom is -0.486 e. The van der Waals surface area contributed by atoms with Gasteiger partial charge in [0.05, 0.1) is 19.3 Å². The van der Waals surface area contributed by atoms with E-state index in [1.807, 2.05) is 30.3 Å². The Morgan fingerprint density at radius 3 is 2.50 bits per heavy atom. The third-order valence-electron chi connectivity index (χ3n) is 2.10. The molecule has 1 aliphatic rings. The van der Waals surface area contributed by atoms with Crippen molar-refractivity contribution in [3.8, 4) is 5.75 Å². The van der Waals surface area contributed by atoms with Crippen LogP contribution in [0.2, 0.25) is 0 Å². The highest BCUT2D eigenvalue weighted by Gasteiger charge is 2.26. The fraction of sp³-hybridized carbons (Fsp3) is 0.400. The fourth-order valence-electron chi connectivity index (χ4n) is 1.35. The summed E-state index contributed by atoms with van der Waals surface area (Å²) in [5, 5.41) is 0. The molecular formula is C10H14ClNO2. The third kappa shape index (κ3) is 2.61. The smallest absolute Gasteiger partial charge is 0.139 e. The van der Waals surface area contributed by atoms with Crippen LogP contribution in [0.25, 0.3) is 0 Å². The molecule has 1 aromatic rings. The van der Waals surface area contributed by atoms with E-state index in [4.69, 9.17) is 15.2 Å². The number of rotatable bonds is 2. The summed E-state index contributed by atoms with van der Waals surface area (Å²) in [5.74, 6) is 0.855. The molecule has 0 saturated carbocycles. The number of hydrogen-bond acceptors (Lipinski definition) is 3. The molecule has 0 bridgehead atoms. The summed E-state index contributed by atoms with van der Waals surface area (Å²) in [4.78, 5) is 0. The zero-order chi connectivity index (χ0) is 9.10. The van der Waals surface area contributed by atoms with Crippen molar-refractivity contribution in [1.82, 2.24) is 0 Å². The minimum absolute atomic E-state index is 0. The van der Waals surface area contributed by atoms with Gasteiger partial charge in [-0.25, -0.2) is 0 Å². The number of benzene rings is 1. The van der Waals surface area contributed by atoms with Gasteiger partial charge in [0.2, 0.25) is 0 Å². The van der Waals surface area contributed by atoms with Crippen LogP contribution in [0.5, 0.6) is 5.75 Å². The van der Waals surface area contributed by atoms with Crippen molar-refractivity contribution in [3.63, 3.8) is 0 Å². The van der Waals surface area contributed by atoms with E-state index in [0.29, 0.717) is 13.2 Å². The van der Waals surface area contributed by atoms with Crippen LogP contribution in [0.4, 0.5) is 0 Å². The molecule has 1 heterocycles. The Labute approximate surface area is 89.6 Å². The van der Waals surface area contributed by atoms with Gasteiger partial charge in [0.25, 0.3) is 0 Å². The summed E-state index contributed by atoms with van der Waals surface area (Å²) in [6, 6.07) is 9.68. The molecule has 2 atom stereocenters. The lowest BCUT2D eigenvalue weighted by molar-refractivity contribution is 0.140. The van der Waals surface area contributed by atoms with Crippen LogP contribution >= 0.6 is 12.4 Å². The van der Waals surface area contributed by atoms with E-state index in [1.165, 1.54) is 0 Å². The number of nitrogens with two attached hydrogens (primary N) is 1. The Balaban J connectivity index is 0.000000980. The maximum absolute atomic E-state index is 5.78. The van der Waals surface area contributed by atoms with Crippen molar-refractivity contribution >= 4 is 12.4 Å². The highest BCUT2D eigenvalue weighted by atomic mass is 35.5. The molecule has 2 N–H and O–H groups in total. The molecule has 2 rings (SSSR count). The Kier molecular flexibility index (Phi) is 4.20. The van der Waals surface area contributed by atoms with Crippen LogP contribution < -0.4 is 10.5 Å². The molecule has 1 saturated heterocycles. The van der Waals surface area contributed by atoms with Gasteiger partial charge in [-0.2, -0.15) is 0 Å². The average molecular weight is 216 g/mol. The van der Waals surface area contributed by atoms with Crippen LogP contribution in [0, 0.1) is 0 Å². The standard InChI is InChI=1S/C10H13NO2.ClH/c11-9-6-12-7-10(9)13-8-4-2-1-3-5-8;/h1-5,9-10H,6-7,11H2;1H/t9-,10+;/m1./s1. The van der Waals surface area contributed by atoms with Gasteiger partial charge in [-0.15, -0.1) is 12.4 Å². The van der Waals surface area contributed by atoms with Crippen LogP contribution in [0.15, 0.2) is 30.3 Å². The third-order valence-corrected chi connectivity index (χ3v) is 2.10. The Bertz CT molecular complexity index is 268. The first kappa shape index (κ1) is 11.3. The largest absolute Gasteiger partial charge is 0.486 e. The van der Waals surface area contributed by atoms with Crippen molar-refractivity contribution in [2.45, 2.75) is 12.1 Å². The molecule has 0 aliphatic carbocycles. The first-order valence-electron chi connectivity index (χ1n) is 4.41. The van der Waals surface area contributed by atoms with E-state index in [-0.39, 0.29) is 24.6 Å². The van der Waals surface area contributed by atoms with Gasteiger partial charge in [0.15, 0.2) is 0 Å². The molecule has 0 unspecified atom stereocenters. The lowest BCUT2D eigenvalue weighted by atomic mass is 10.2. The van der Waals surface area contributed by atoms with E-state index in [9.17, 15) is 0 Å². The highest BCUT2D eigenvalue weighted by Crippen LogP contribution is 2.15. The summed E-state index contributed by atoms with van der Waals surface area (Å²) in [7, 11) is 0. The quantitative estimate of drug-likeness (QED) is 0.807. The van der Waals surface area contributed by atoms with Crippen molar-refractivity contribution < 1.29 is 9.47 Å². The molecule has 1 fully saturated rings. The van der Waals surface area contributed by atoms with Crippen molar-refractivity contribution in [1.29, 1.82) is 0 Å². The second kappa shape index (κ2) is 5.20. The van der Waals surface area contributed by atoms with E-state index in [0.717, 1.165) is 5.75 Å². The molecule has 0 amide bonds. The maximum Gasteiger partial charge on any atom is 0.139 e. The first-order chi connectivity index (χ1) is 6.36. The van der Waals surface area contributed by atoms with Crippen molar-refractivity contribution in [3.05, 3.63) is 30.3 Å². The van der Waals surface area contributed by atoms with Gasteiger partial charge in [-0.05, 0) is 12.1 Å². The number of ether oxygens (including phenoxy) is 2. The van der Waals surface area contributed by atoms with E-state index >= 15 is 0 Å². The Hall–Kier alpha value is -0.770. The predicted octanol–water partition coefficient (Wildman–Crippen LogP) is 1.21. The number of para-hydroxylation sites is 1. The van der Waals surface area contributed by atoms with Gasteiger partial charge in [0, 0.05) is 0 Å². The molecule has 3 nitrogen and oxygen atoms in total. The van der Waals surface area contributed by atoms with Crippen LogP contribution in [-0.4, -0.2) is 25.4 Å². The summed E-state index contributed by atoms with van der Waals surface area (Å²) in [5.41, 5.74) is 5.78. The van der Waals surface area contributed by atoms with Crippen LogP contribution in [0.1, 0.15) is 0 Å². The maximum atomic E-state index is 5.78. The monoisotopic (exact) mass is 215 g/mol. The van der Waals surface area contributed by atoms with Crippen molar-refractivity contribution in [2.24, 2.45) is 5.73 Å². The number of halogens is 1. The lowest BCUT2D eigenvalue weighted by Gasteiger charge is -2.15. The van der Waals surface area contributed by atoms with Gasteiger partial charge in [-0.3, -0.25) is 0 Å². The van der Waals surface area contributed by atoms with E-state index < -0.39 is 0 Å². The second-order valence-electron chi connectivity index (χ2n) is 3.17. The van der Waals surface area contributed by atoms with Gasteiger partial charge in [-0.1, -0.05) is 18.2 Å². The summed E-state index contributed by atoms with van der Waals surface area (Å²) in [6.07, 6.45) is 0.00222. The molecule has 14 heavy (non-hydrogen) atoms. The molecule has 1 aromatic carbocycles. The van der Waals surface area contributed by atoms with E-state index in [1.54, 1.807) is 0 Å². The zero-order valence-electron chi connectivity index (χ0n) is 7.76. The molecule has 1 aliphatic heterocycles. The summed E-state index contributed by atoms with van der Waals surface area (Å²) in [6.45, 7) is 1.19. The highest BCUT2D eigenvalue weighted by molar-refractivity contribution is 5.85. The average Bonchev–Trinajstić information content (AvgIpc) is 2.54. The Morgan fingerprint density at radius 1 is 1.21 bits per heavy atom. The second-order valence-corrected chi connectivity index (χ2v) is 3.17. The first-order valence-corrected chi connectivity index (χ1v) is 4.41. The topological polar surface area (TPSA) is 44.5 Å². The fourth-order valence-corrected chi connectivity index (χ4v) is 1.35. The molecule has 0 spiro atoms. The minimum atomic E-state index is 0. The summed E-state index contributed by atoms with van der Waals surface area (Å²) >= 11 is 0. The van der Waals surface area contributed by atoms with Crippen LogP contribution in [-0.2, 0) is 4.74 Å². The zero-order valence-corrected chi connectivity index (χ0v) is 8.57. The molecule has 4 heteroatoms. The molecule has 0 aromatic heterocycles. The predicted molar refractivity (Wildman–Crippen MR) is 56.9 cm³/mol. The molecular weight excluding hydrogens is 202 g/mol. The van der Waals surface area contributed by atoms with Gasteiger partial charge >= 0.3 is 0 Å². The summed E-state index contributed by atoms with van der Waals surface area (Å²) < 4.78 is 10.8. The van der Waals surface area contributed by atoms with Gasteiger partial charge in [0.1, 0.15) is 11.9 Å². The van der Waals surface area contributed by atoms with E-state index in [2.05, 4.69) is 0 Å².